The minimum Gasteiger partial charge on any atom is -0.206 e. The van der Waals surface area contributed by atoms with Crippen LogP contribution in [0.3, 0.4) is 0 Å². The van der Waals surface area contributed by atoms with E-state index in [0.29, 0.717) is 5.33 Å². The molecule has 48 valence electrons. The van der Waals surface area contributed by atoms with E-state index < -0.39 is 17.8 Å². The van der Waals surface area contributed by atoms with Gasteiger partial charge in [-0.2, -0.15) is 0 Å². The van der Waals surface area contributed by atoms with Gasteiger partial charge in [0.15, 0.2) is 0 Å². The molecule has 0 bridgehead atoms. The number of halogens is 3. The van der Waals surface area contributed by atoms with Gasteiger partial charge >= 0.3 is 0 Å². The first-order valence-corrected chi connectivity index (χ1v) is 3.66. The zero-order valence-electron chi connectivity index (χ0n) is 4.50. The Morgan fingerprint density at radius 2 is 2.00 bits per heavy atom. The Morgan fingerprint density at radius 3 is 2.00 bits per heavy atom. The first-order chi connectivity index (χ1) is 3.60. The van der Waals surface area contributed by atoms with Crippen molar-refractivity contribution in [2.75, 3.05) is 5.33 Å². The Bertz CT molecular complexity index is 103. The molecule has 1 aliphatic rings. The van der Waals surface area contributed by atoms with Crippen LogP contribution in [-0.2, 0) is 0 Å². The molecule has 0 N–H and O–H groups in total. The topological polar surface area (TPSA) is 0 Å². The maximum absolute atomic E-state index is 12.2. The number of hydrogen-bond donors (Lipinski definition) is 0. The molecule has 0 heterocycles. The van der Waals surface area contributed by atoms with Gasteiger partial charge in [0.1, 0.15) is 0 Å². The van der Waals surface area contributed by atoms with Crippen molar-refractivity contribution >= 4 is 15.9 Å². The molecule has 0 amide bonds. The number of hydrogen-bond acceptors (Lipinski definition) is 0. The molecule has 2 atom stereocenters. The molecule has 0 spiro atoms. The molecule has 1 aliphatic carbocycles. The van der Waals surface area contributed by atoms with Gasteiger partial charge < -0.3 is 0 Å². The van der Waals surface area contributed by atoms with E-state index in [-0.39, 0.29) is 0 Å². The van der Waals surface area contributed by atoms with E-state index in [0.717, 1.165) is 0 Å². The van der Waals surface area contributed by atoms with Gasteiger partial charge in [-0.15, -0.1) is 0 Å². The number of rotatable bonds is 1. The van der Waals surface area contributed by atoms with Crippen LogP contribution in [0.2, 0.25) is 0 Å². The van der Waals surface area contributed by atoms with Crippen LogP contribution in [0.5, 0.6) is 0 Å². The van der Waals surface area contributed by atoms with E-state index in [4.69, 9.17) is 0 Å². The molecule has 3 heteroatoms. The van der Waals surface area contributed by atoms with Gasteiger partial charge in [-0.3, -0.25) is 0 Å². The summed E-state index contributed by atoms with van der Waals surface area (Å²) >= 11 is 3.01. The molecule has 1 rings (SSSR count). The van der Waals surface area contributed by atoms with Crippen molar-refractivity contribution in [2.24, 2.45) is 11.8 Å². The first-order valence-electron chi connectivity index (χ1n) is 2.54. The minimum absolute atomic E-state index is 0.400. The van der Waals surface area contributed by atoms with E-state index in [1.165, 1.54) is 0 Å². The molecule has 2 unspecified atom stereocenters. The van der Waals surface area contributed by atoms with E-state index >= 15 is 0 Å². The Kier molecular flexibility index (Phi) is 1.34. The average molecular weight is 185 g/mol. The van der Waals surface area contributed by atoms with Crippen LogP contribution >= 0.6 is 15.9 Å². The summed E-state index contributed by atoms with van der Waals surface area (Å²) in [7, 11) is 0. The lowest BCUT2D eigenvalue weighted by Crippen LogP contribution is -1.93. The molecule has 0 nitrogen and oxygen atoms in total. The smallest absolute Gasteiger partial charge is 0.206 e. The summed E-state index contributed by atoms with van der Waals surface area (Å²) < 4.78 is 24.3. The highest BCUT2D eigenvalue weighted by molar-refractivity contribution is 9.09. The monoisotopic (exact) mass is 184 g/mol. The fraction of sp³-hybridized carbons (Fsp3) is 1.00. The van der Waals surface area contributed by atoms with Gasteiger partial charge in [-0.25, -0.2) is 8.78 Å². The van der Waals surface area contributed by atoms with E-state index in [1.54, 1.807) is 6.92 Å². The van der Waals surface area contributed by atoms with Gasteiger partial charge in [0.2, 0.25) is 0 Å². The second-order valence-electron chi connectivity index (χ2n) is 2.22. The van der Waals surface area contributed by atoms with Crippen LogP contribution in [0.25, 0.3) is 0 Å². The van der Waals surface area contributed by atoms with Crippen LogP contribution < -0.4 is 0 Å². The highest BCUT2D eigenvalue weighted by Gasteiger charge is 2.64. The van der Waals surface area contributed by atoms with Crippen molar-refractivity contribution in [2.45, 2.75) is 12.8 Å². The lowest BCUT2D eigenvalue weighted by atomic mass is 10.4. The van der Waals surface area contributed by atoms with Gasteiger partial charge in [-0.1, -0.05) is 22.9 Å². The summed E-state index contributed by atoms with van der Waals surface area (Å²) in [5.74, 6) is -3.17. The predicted molar refractivity (Wildman–Crippen MR) is 31.4 cm³/mol. The standard InChI is InChI=1S/C5H7BrF2/c1-3-4(2-6)5(3,7)8/h3-4H,2H2,1H3. The third-order valence-corrected chi connectivity index (χ3v) is 2.46. The molecule has 0 aromatic carbocycles. The summed E-state index contributed by atoms with van der Waals surface area (Å²) in [6.45, 7) is 1.58. The van der Waals surface area contributed by atoms with Crippen LogP contribution in [-0.4, -0.2) is 11.3 Å². The predicted octanol–water partition coefficient (Wildman–Crippen LogP) is 2.28. The molecule has 0 aliphatic heterocycles. The maximum Gasteiger partial charge on any atom is 0.255 e. The lowest BCUT2D eigenvalue weighted by molar-refractivity contribution is 0.0900. The first kappa shape index (κ1) is 6.46. The molecular weight excluding hydrogens is 178 g/mol. The molecule has 0 saturated heterocycles. The Balaban J connectivity index is 2.45. The zero-order chi connectivity index (χ0) is 6.36. The van der Waals surface area contributed by atoms with Crippen LogP contribution in [0, 0.1) is 11.8 Å². The SMILES string of the molecule is CC1C(CBr)C1(F)F. The normalized spacial score (nSPS) is 42.0. The van der Waals surface area contributed by atoms with Gasteiger partial charge in [-0.05, 0) is 0 Å². The van der Waals surface area contributed by atoms with Crippen LogP contribution in [0.1, 0.15) is 6.92 Å². The lowest BCUT2D eigenvalue weighted by Gasteiger charge is -1.86. The third kappa shape index (κ3) is 0.677. The largest absolute Gasteiger partial charge is 0.255 e. The molecule has 8 heavy (non-hydrogen) atoms. The van der Waals surface area contributed by atoms with Gasteiger partial charge in [0, 0.05) is 17.2 Å². The molecule has 0 radical (unpaired) electrons. The van der Waals surface area contributed by atoms with Crippen molar-refractivity contribution in [1.29, 1.82) is 0 Å². The molecule has 1 saturated carbocycles. The van der Waals surface area contributed by atoms with Crippen LogP contribution in [0.15, 0.2) is 0 Å². The van der Waals surface area contributed by atoms with E-state index in [9.17, 15) is 8.78 Å². The second-order valence-corrected chi connectivity index (χ2v) is 2.87. The van der Waals surface area contributed by atoms with E-state index in [2.05, 4.69) is 15.9 Å². The molecule has 1 fully saturated rings. The Morgan fingerprint density at radius 1 is 1.62 bits per heavy atom. The van der Waals surface area contributed by atoms with Crippen molar-refractivity contribution in [1.82, 2.24) is 0 Å². The molecular formula is C5H7BrF2. The highest BCUT2D eigenvalue weighted by Crippen LogP contribution is 2.55. The quantitative estimate of drug-likeness (QED) is 0.549. The van der Waals surface area contributed by atoms with Gasteiger partial charge in [0.05, 0.1) is 0 Å². The average Bonchev–Trinajstić information content (AvgIpc) is 2.09. The zero-order valence-corrected chi connectivity index (χ0v) is 6.08. The van der Waals surface area contributed by atoms with Crippen molar-refractivity contribution in [3.63, 3.8) is 0 Å². The van der Waals surface area contributed by atoms with Crippen molar-refractivity contribution in [3.8, 4) is 0 Å². The van der Waals surface area contributed by atoms with Crippen LogP contribution in [0.4, 0.5) is 8.78 Å². The summed E-state index contributed by atoms with van der Waals surface area (Å²) in [6, 6.07) is 0. The second kappa shape index (κ2) is 1.66. The minimum atomic E-state index is -2.37. The van der Waals surface area contributed by atoms with Crippen molar-refractivity contribution in [3.05, 3.63) is 0 Å². The molecule has 0 aromatic rings. The summed E-state index contributed by atoms with van der Waals surface area (Å²) in [5.41, 5.74) is 0. The third-order valence-electron chi connectivity index (χ3n) is 1.76. The van der Waals surface area contributed by atoms with Gasteiger partial charge in [0.25, 0.3) is 5.92 Å². The highest BCUT2D eigenvalue weighted by atomic mass is 79.9. The Labute approximate surface area is 55.4 Å². The van der Waals surface area contributed by atoms with Crippen molar-refractivity contribution < 1.29 is 8.78 Å². The molecule has 0 aromatic heterocycles. The fourth-order valence-corrected chi connectivity index (χ4v) is 1.79. The van der Waals surface area contributed by atoms with E-state index in [1.807, 2.05) is 0 Å². The maximum atomic E-state index is 12.2. The fourth-order valence-electron chi connectivity index (χ4n) is 0.797. The number of alkyl halides is 3. The summed E-state index contributed by atoms with van der Waals surface area (Å²) in [4.78, 5) is 0. The summed E-state index contributed by atoms with van der Waals surface area (Å²) in [5, 5.41) is 0.432. The summed E-state index contributed by atoms with van der Waals surface area (Å²) in [6.07, 6.45) is 0. The Hall–Kier alpha value is 0.340.